The van der Waals surface area contributed by atoms with E-state index in [9.17, 15) is 0 Å². The van der Waals surface area contributed by atoms with Crippen molar-refractivity contribution in [3.05, 3.63) is 0 Å². The molecule has 0 heterocycles. The van der Waals surface area contributed by atoms with E-state index in [0.29, 0.717) is 6.54 Å². The highest BCUT2D eigenvalue weighted by atomic mass is 15.1. The largest absolute Gasteiger partial charge is 0.196 e. The second-order valence-electron chi connectivity index (χ2n) is 2.01. The molecule has 0 saturated carbocycles. The van der Waals surface area contributed by atoms with E-state index in [1.165, 1.54) is 0 Å². The van der Waals surface area contributed by atoms with Gasteiger partial charge < -0.3 is 0 Å². The Balaban J connectivity index is 3.62. The molecule has 0 N–H and O–H groups in total. The highest BCUT2D eigenvalue weighted by molar-refractivity contribution is 4.87. The fraction of sp³-hybridized carbons (Fsp3) is 0.857. The number of nitriles is 1. The second-order valence-corrected chi connectivity index (χ2v) is 2.01. The van der Waals surface area contributed by atoms with Crippen molar-refractivity contribution in [1.82, 2.24) is 0 Å². The van der Waals surface area contributed by atoms with Crippen LogP contribution in [0.3, 0.4) is 0 Å². The highest BCUT2D eigenvalue weighted by Crippen LogP contribution is 1.99. The maximum Gasteiger partial charge on any atom is 0.157 e. The van der Waals surface area contributed by atoms with Gasteiger partial charge in [0.05, 0.1) is 12.6 Å². The number of nitrogens with zero attached hydrogens (tertiary/aromatic N) is 3. The Bertz CT molecular complexity index is 134. The topological polar surface area (TPSA) is 48.5 Å². The molecule has 0 aliphatic heterocycles. The first-order valence-corrected chi connectivity index (χ1v) is 3.61. The van der Waals surface area contributed by atoms with Crippen LogP contribution in [0.2, 0.25) is 0 Å². The smallest absolute Gasteiger partial charge is 0.157 e. The van der Waals surface area contributed by atoms with Gasteiger partial charge in [-0.2, -0.15) is 15.5 Å². The van der Waals surface area contributed by atoms with Gasteiger partial charge in [-0.25, -0.2) is 0 Å². The van der Waals surface area contributed by atoms with Gasteiger partial charge in [0.15, 0.2) is 6.04 Å². The van der Waals surface area contributed by atoms with Gasteiger partial charge in [-0.15, -0.1) is 0 Å². The molecule has 0 aliphatic rings. The van der Waals surface area contributed by atoms with E-state index in [-0.39, 0.29) is 6.04 Å². The van der Waals surface area contributed by atoms with E-state index in [4.69, 9.17) is 5.26 Å². The molecule has 10 heavy (non-hydrogen) atoms. The lowest BCUT2D eigenvalue weighted by Gasteiger charge is -1.96. The van der Waals surface area contributed by atoms with E-state index in [1.807, 2.05) is 13.8 Å². The molecule has 56 valence electrons. The summed E-state index contributed by atoms with van der Waals surface area (Å²) >= 11 is 0. The highest BCUT2D eigenvalue weighted by Gasteiger charge is 2.00. The molecular weight excluding hydrogens is 126 g/mol. The third kappa shape index (κ3) is 4.02. The zero-order valence-electron chi connectivity index (χ0n) is 6.54. The van der Waals surface area contributed by atoms with Crippen molar-refractivity contribution in [2.24, 2.45) is 10.2 Å². The monoisotopic (exact) mass is 139 g/mol. The Morgan fingerprint density at radius 2 is 2.20 bits per heavy atom. The minimum atomic E-state index is -0.218. The maximum absolute atomic E-state index is 8.48. The van der Waals surface area contributed by atoms with Gasteiger partial charge in [-0.3, -0.25) is 0 Å². The van der Waals surface area contributed by atoms with E-state index in [2.05, 4.69) is 16.3 Å². The first kappa shape index (κ1) is 9.09. The predicted molar refractivity (Wildman–Crippen MR) is 39.7 cm³/mol. The standard InChI is InChI=1S/C7H13N3/c1-3-5-7(6-8)10-9-4-2/h7H,3-5H2,1-2H3. The van der Waals surface area contributed by atoms with E-state index in [0.717, 1.165) is 12.8 Å². The Hall–Kier alpha value is -0.910. The third-order valence-corrected chi connectivity index (χ3v) is 1.07. The maximum atomic E-state index is 8.48. The Kier molecular flexibility index (Phi) is 5.65. The van der Waals surface area contributed by atoms with Crippen LogP contribution in [0.4, 0.5) is 0 Å². The average molecular weight is 139 g/mol. The van der Waals surface area contributed by atoms with Gasteiger partial charge in [0.25, 0.3) is 0 Å². The number of rotatable bonds is 4. The summed E-state index contributed by atoms with van der Waals surface area (Å²) in [7, 11) is 0. The molecule has 1 atom stereocenters. The van der Waals surface area contributed by atoms with Gasteiger partial charge in [0, 0.05) is 0 Å². The van der Waals surface area contributed by atoms with E-state index < -0.39 is 0 Å². The molecule has 1 unspecified atom stereocenters. The van der Waals surface area contributed by atoms with Crippen LogP contribution in [-0.4, -0.2) is 12.6 Å². The summed E-state index contributed by atoms with van der Waals surface area (Å²) in [6.45, 7) is 4.61. The molecule has 0 fully saturated rings. The molecule has 3 nitrogen and oxygen atoms in total. The van der Waals surface area contributed by atoms with Crippen molar-refractivity contribution >= 4 is 0 Å². The molecule has 3 heteroatoms. The van der Waals surface area contributed by atoms with Crippen LogP contribution < -0.4 is 0 Å². The van der Waals surface area contributed by atoms with Gasteiger partial charge >= 0.3 is 0 Å². The van der Waals surface area contributed by atoms with E-state index >= 15 is 0 Å². The minimum Gasteiger partial charge on any atom is -0.196 e. The zero-order valence-corrected chi connectivity index (χ0v) is 6.54. The molecular formula is C7H13N3. The van der Waals surface area contributed by atoms with Gasteiger partial charge in [0.2, 0.25) is 0 Å². The summed E-state index contributed by atoms with van der Waals surface area (Å²) in [5.41, 5.74) is 0. The average Bonchev–Trinajstić information content (AvgIpc) is 1.98. The lowest BCUT2D eigenvalue weighted by atomic mass is 10.2. The normalized spacial score (nSPS) is 13.3. The van der Waals surface area contributed by atoms with Gasteiger partial charge in [0.1, 0.15) is 0 Å². The van der Waals surface area contributed by atoms with Crippen LogP contribution in [0.5, 0.6) is 0 Å². The van der Waals surface area contributed by atoms with Crippen LogP contribution in [0.1, 0.15) is 26.7 Å². The van der Waals surface area contributed by atoms with Crippen molar-refractivity contribution in [3.63, 3.8) is 0 Å². The van der Waals surface area contributed by atoms with Gasteiger partial charge in [-0.1, -0.05) is 13.3 Å². The van der Waals surface area contributed by atoms with Crippen molar-refractivity contribution in [1.29, 1.82) is 5.26 Å². The third-order valence-electron chi connectivity index (χ3n) is 1.07. The van der Waals surface area contributed by atoms with Crippen LogP contribution in [-0.2, 0) is 0 Å². The summed E-state index contributed by atoms with van der Waals surface area (Å²) < 4.78 is 0. The molecule has 0 amide bonds. The Morgan fingerprint density at radius 3 is 2.60 bits per heavy atom. The van der Waals surface area contributed by atoms with Crippen LogP contribution in [0, 0.1) is 11.3 Å². The number of azo groups is 1. The summed E-state index contributed by atoms with van der Waals surface area (Å²) in [6.07, 6.45) is 1.81. The second kappa shape index (κ2) is 6.21. The van der Waals surface area contributed by atoms with Crippen molar-refractivity contribution in [2.45, 2.75) is 32.7 Å². The molecule has 0 aromatic rings. The Labute approximate surface area is 61.8 Å². The summed E-state index contributed by atoms with van der Waals surface area (Å²) in [5.74, 6) is 0. The molecule has 0 bridgehead atoms. The predicted octanol–water partition coefficient (Wildman–Crippen LogP) is 2.15. The molecule has 0 aromatic heterocycles. The Morgan fingerprint density at radius 1 is 1.50 bits per heavy atom. The lowest BCUT2D eigenvalue weighted by molar-refractivity contribution is 0.672. The number of hydrogen-bond acceptors (Lipinski definition) is 3. The minimum absolute atomic E-state index is 0.218. The van der Waals surface area contributed by atoms with Gasteiger partial charge in [-0.05, 0) is 13.3 Å². The first-order valence-electron chi connectivity index (χ1n) is 3.61. The van der Waals surface area contributed by atoms with Crippen molar-refractivity contribution in [2.75, 3.05) is 6.54 Å². The molecule has 0 radical (unpaired) electrons. The summed E-state index contributed by atoms with van der Waals surface area (Å²) in [6, 6.07) is 1.86. The zero-order chi connectivity index (χ0) is 7.82. The first-order chi connectivity index (χ1) is 4.85. The molecule has 0 saturated heterocycles. The molecule has 0 spiro atoms. The van der Waals surface area contributed by atoms with Crippen molar-refractivity contribution in [3.8, 4) is 6.07 Å². The SMILES string of the molecule is CCCC(C#N)N=NCC. The van der Waals surface area contributed by atoms with Crippen LogP contribution in [0.15, 0.2) is 10.2 Å². The van der Waals surface area contributed by atoms with E-state index in [1.54, 1.807) is 0 Å². The number of hydrogen-bond donors (Lipinski definition) is 0. The fourth-order valence-electron chi connectivity index (χ4n) is 0.602. The fourth-order valence-corrected chi connectivity index (χ4v) is 0.602. The van der Waals surface area contributed by atoms with Crippen LogP contribution in [0.25, 0.3) is 0 Å². The molecule has 0 aromatic carbocycles. The molecule has 0 rings (SSSR count). The quantitative estimate of drug-likeness (QED) is 0.550. The summed E-state index contributed by atoms with van der Waals surface area (Å²) in [5, 5.41) is 16.1. The summed E-state index contributed by atoms with van der Waals surface area (Å²) in [4.78, 5) is 0. The van der Waals surface area contributed by atoms with Crippen molar-refractivity contribution < 1.29 is 0 Å². The molecule has 0 aliphatic carbocycles. The van der Waals surface area contributed by atoms with Crippen LogP contribution >= 0.6 is 0 Å². The lowest BCUT2D eigenvalue weighted by Crippen LogP contribution is -1.97.